The van der Waals surface area contributed by atoms with Gasteiger partial charge in [0.25, 0.3) is 0 Å². The molecule has 2 heterocycles. The van der Waals surface area contributed by atoms with E-state index in [1.807, 2.05) is 6.07 Å². The van der Waals surface area contributed by atoms with Crippen LogP contribution >= 0.6 is 27.5 Å². The fourth-order valence-electron chi connectivity index (χ4n) is 1.55. The molecule has 0 radical (unpaired) electrons. The van der Waals surface area contributed by atoms with E-state index >= 15 is 0 Å². The van der Waals surface area contributed by atoms with Crippen molar-refractivity contribution in [1.82, 2.24) is 9.97 Å². The third kappa shape index (κ3) is 1.87. The summed E-state index contributed by atoms with van der Waals surface area (Å²) in [5, 5.41) is 0.468. The molecule has 1 aliphatic rings. The van der Waals surface area contributed by atoms with Gasteiger partial charge < -0.3 is 4.42 Å². The highest BCUT2D eigenvalue weighted by molar-refractivity contribution is 9.10. The highest BCUT2D eigenvalue weighted by atomic mass is 79.9. The maximum Gasteiger partial charge on any atom is 0.166 e. The van der Waals surface area contributed by atoms with Crippen molar-refractivity contribution in [1.29, 1.82) is 0 Å². The van der Waals surface area contributed by atoms with Crippen LogP contribution in [-0.4, -0.2) is 9.97 Å². The molecule has 0 amide bonds. The lowest BCUT2D eigenvalue weighted by atomic mass is 10.3. The zero-order chi connectivity index (χ0) is 11.1. The summed E-state index contributed by atoms with van der Waals surface area (Å²) >= 11 is 9.39. The van der Waals surface area contributed by atoms with Crippen molar-refractivity contribution in [3.63, 3.8) is 0 Å². The van der Waals surface area contributed by atoms with Gasteiger partial charge >= 0.3 is 0 Å². The molecule has 0 bridgehead atoms. The van der Waals surface area contributed by atoms with Gasteiger partial charge in [-0.25, -0.2) is 9.97 Å². The lowest BCUT2D eigenvalue weighted by Crippen LogP contribution is -1.95. The number of halogens is 2. The highest BCUT2D eigenvalue weighted by Gasteiger charge is 2.27. The molecule has 0 N–H and O–H groups in total. The van der Waals surface area contributed by atoms with E-state index in [0.29, 0.717) is 16.8 Å². The Morgan fingerprint density at radius 1 is 1.38 bits per heavy atom. The third-order valence-corrected chi connectivity index (χ3v) is 3.32. The van der Waals surface area contributed by atoms with Crippen LogP contribution in [0.15, 0.2) is 27.3 Å². The number of furan rings is 1. The number of nitrogens with zero attached hydrogens (tertiary/aromatic N) is 2. The van der Waals surface area contributed by atoms with Crippen LogP contribution in [0.2, 0.25) is 5.15 Å². The van der Waals surface area contributed by atoms with E-state index in [0.717, 1.165) is 28.8 Å². The van der Waals surface area contributed by atoms with Crippen LogP contribution in [-0.2, 0) is 0 Å². The molecule has 0 aromatic carbocycles. The second-order valence-corrected chi connectivity index (χ2v) is 5.05. The first-order chi connectivity index (χ1) is 7.74. The summed E-state index contributed by atoms with van der Waals surface area (Å²) in [5.74, 6) is 2.00. The standard InChI is InChI=1S/C11H8BrClN2O/c12-7-3-4-16-10(7)8-5-9(13)15-11(14-8)6-1-2-6/h3-6H,1-2H2. The van der Waals surface area contributed by atoms with Crippen LogP contribution in [0.1, 0.15) is 24.6 Å². The smallest absolute Gasteiger partial charge is 0.166 e. The van der Waals surface area contributed by atoms with Crippen molar-refractivity contribution in [2.45, 2.75) is 18.8 Å². The van der Waals surface area contributed by atoms with Crippen LogP contribution in [0.5, 0.6) is 0 Å². The van der Waals surface area contributed by atoms with Crippen LogP contribution < -0.4 is 0 Å². The molecule has 1 saturated carbocycles. The number of aromatic nitrogens is 2. The minimum atomic E-state index is 0.468. The average Bonchev–Trinajstić information content (AvgIpc) is 3.01. The molecule has 0 spiro atoms. The Labute approximate surface area is 106 Å². The number of hydrogen-bond donors (Lipinski definition) is 0. The van der Waals surface area contributed by atoms with E-state index in [9.17, 15) is 0 Å². The molecule has 1 aliphatic carbocycles. The molecule has 1 fully saturated rings. The molecule has 0 aliphatic heterocycles. The minimum absolute atomic E-state index is 0.468. The molecular formula is C11H8BrClN2O. The van der Waals surface area contributed by atoms with Crippen molar-refractivity contribution >= 4 is 27.5 Å². The third-order valence-electron chi connectivity index (χ3n) is 2.50. The second kappa shape index (κ2) is 3.86. The first-order valence-electron chi connectivity index (χ1n) is 5.02. The van der Waals surface area contributed by atoms with Gasteiger partial charge in [0.1, 0.15) is 16.7 Å². The Morgan fingerprint density at radius 3 is 2.81 bits per heavy atom. The Hall–Kier alpha value is -0.870. The van der Waals surface area contributed by atoms with Gasteiger partial charge in [-0.15, -0.1) is 0 Å². The molecule has 16 heavy (non-hydrogen) atoms. The fraction of sp³-hybridized carbons (Fsp3) is 0.273. The van der Waals surface area contributed by atoms with Gasteiger partial charge in [-0.1, -0.05) is 11.6 Å². The lowest BCUT2D eigenvalue weighted by Gasteiger charge is -2.02. The van der Waals surface area contributed by atoms with Crippen molar-refractivity contribution in [3.8, 4) is 11.5 Å². The summed E-state index contributed by atoms with van der Waals surface area (Å²) in [4.78, 5) is 8.71. The summed E-state index contributed by atoms with van der Waals surface area (Å²) in [5.41, 5.74) is 0.735. The maximum absolute atomic E-state index is 5.98. The van der Waals surface area contributed by atoms with Crippen LogP contribution in [0, 0.1) is 0 Å². The van der Waals surface area contributed by atoms with E-state index in [1.165, 1.54) is 0 Å². The van der Waals surface area contributed by atoms with Crippen LogP contribution in [0.25, 0.3) is 11.5 Å². The SMILES string of the molecule is Clc1cc(-c2occc2Br)nc(C2CC2)n1. The Morgan fingerprint density at radius 2 is 2.19 bits per heavy atom. The van der Waals surface area contributed by atoms with E-state index in [2.05, 4.69) is 25.9 Å². The van der Waals surface area contributed by atoms with E-state index in [4.69, 9.17) is 16.0 Å². The zero-order valence-electron chi connectivity index (χ0n) is 8.28. The largest absolute Gasteiger partial charge is 0.461 e. The topological polar surface area (TPSA) is 38.9 Å². The molecule has 3 nitrogen and oxygen atoms in total. The fourth-order valence-corrected chi connectivity index (χ4v) is 2.15. The van der Waals surface area contributed by atoms with Gasteiger partial charge in [0.15, 0.2) is 5.76 Å². The summed E-state index contributed by atoms with van der Waals surface area (Å²) in [6.07, 6.45) is 3.92. The minimum Gasteiger partial charge on any atom is -0.461 e. The predicted molar refractivity (Wildman–Crippen MR) is 64.4 cm³/mol. The van der Waals surface area contributed by atoms with Crippen molar-refractivity contribution in [2.75, 3.05) is 0 Å². The normalized spacial score (nSPS) is 15.4. The summed E-state index contributed by atoms with van der Waals surface area (Å²) in [7, 11) is 0. The first kappa shape index (κ1) is 10.3. The van der Waals surface area contributed by atoms with Gasteiger partial charge in [-0.3, -0.25) is 0 Å². The van der Waals surface area contributed by atoms with E-state index < -0.39 is 0 Å². The maximum atomic E-state index is 5.98. The van der Waals surface area contributed by atoms with Crippen molar-refractivity contribution in [2.24, 2.45) is 0 Å². The number of hydrogen-bond acceptors (Lipinski definition) is 3. The van der Waals surface area contributed by atoms with Gasteiger partial charge in [0, 0.05) is 12.0 Å². The molecule has 0 saturated heterocycles. The van der Waals surface area contributed by atoms with Gasteiger partial charge in [0.2, 0.25) is 0 Å². The van der Waals surface area contributed by atoms with Crippen molar-refractivity contribution in [3.05, 3.63) is 33.8 Å². The van der Waals surface area contributed by atoms with Gasteiger partial charge in [-0.05, 0) is 34.8 Å². The Bertz CT molecular complexity index is 537. The summed E-state index contributed by atoms with van der Waals surface area (Å²) in [6, 6.07) is 3.55. The molecular weight excluding hydrogens is 291 g/mol. The Balaban J connectivity index is 2.10. The molecule has 0 unspecified atom stereocenters. The molecule has 3 rings (SSSR count). The van der Waals surface area contributed by atoms with Crippen LogP contribution in [0.3, 0.4) is 0 Å². The lowest BCUT2D eigenvalue weighted by molar-refractivity contribution is 0.578. The van der Waals surface area contributed by atoms with Crippen molar-refractivity contribution < 1.29 is 4.42 Å². The Kier molecular flexibility index (Phi) is 2.48. The van der Waals surface area contributed by atoms with E-state index in [1.54, 1.807) is 12.3 Å². The monoisotopic (exact) mass is 298 g/mol. The zero-order valence-corrected chi connectivity index (χ0v) is 10.6. The van der Waals surface area contributed by atoms with Gasteiger partial charge in [0.05, 0.1) is 10.7 Å². The molecule has 2 aromatic heterocycles. The summed E-state index contributed by atoms with van der Waals surface area (Å²) < 4.78 is 6.24. The van der Waals surface area contributed by atoms with Crippen LogP contribution in [0.4, 0.5) is 0 Å². The van der Waals surface area contributed by atoms with E-state index in [-0.39, 0.29) is 0 Å². The molecule has 82 valence electrons. The highest BCUT2D eigenvalue weighted by Crippen LogP contribution is 2.39. The molecule has 5 heteroatoms. The molecule has 2 aromatic rings. The molecule has 0 atom stereocenters. The summed E-state index contributed by atoms with van der Waals surface area (Å²) in [6.45, 7) is 0. The van der Waals surface area contributed by atoms with Gasteiger partial charge in [-0.2, -0.15) is 0 Å². The number of rotatable bonds is 2. The average molecular weight is 300 g/mol. The first-order valence-corrected chi connectivity index (χ1v) is 6.19. The second-order valence-electron chi connectivity index (χ2n) is 3.81. The predicted octanol–water partition coefficient (Wildman–Crippen LogP) is 4.03. The quantitative estimate of drug-likeness (QED) is 0.786.